The number of phenols is 26. The van der Waals surface area contributed by atoms with Gasteiger partial charge in [0.2, 0.25) is 58.9 Å². The van der Waals surface area contributed by atoms with Gasteiger partial charge in [0, 0.05) is 28.3 Å². The number of hydrogen-bond acceptors (Lipinski definition) is 48. The van der Waals surface area contributed by atoms with Crippen LogP contribution in [-0.4, -0.2) is 266 Å². The highest BCUT2D eigenvalue weighted by Crippen LogP contribution is 2.57. The lowest BCUT2D eigenvalue weighted by Gasteiger charge is -2.43. The standard InChI is InChI=1S/C75H54O48/c76-25-1-16(2-26(77)44(25)88)65(103)119-62-58(102)74(115-38-14-112-69(107)20-9-32(83)48(92)53(97)40(20)42-22(71(109)117-60(38)62)11-34(85)50(94)55(42)99)122-68(106)19-7-31(82)47(91)37(8-19)114-59-24(13-36(87)52(96)57(59)101)73(111)121-64-63(120-66(104)17-3-27(78)45(89)28(79)4-17)61-39(116-75(64)123-67(105)18-5-29(80)46(90)30(81)6-18)15-113-70(108)21-10-33(84)49(93)54(98)41(21)43-23(72(110)118-61)12-35(86)51(95)56(43)100/h1-13,38-39,58,60-64,74-102H,14-15H2/t38-,39-,58+,60+,61+,62+,63-,64+,74+,75-/m1/s1. The first-order valence-corrected chi connectivity index (χ1v) is 34.1. The van der Waals surface area contributed by atoms with Gasteiger partial charge in [0.15, 0.2) is 151 Å². The van der Waals surface area contributed by atoms with E-state index >= 15 is 9.59 Å². The number of aliphatic hydroxyl groups excluding tert-OH is 1. The highest BCUT2D eigenvalue weighted by atomic mass is 16.8. The third-order valence-corrected chi connectivity index (χ3v) is 18.9. The minimum absolute atomic E-state index is 0.121. The lowest BCUT2D eigenvalue weighted by Crippen LogP contribution is -2.63. The average molecular weight is 1720 g/mol. The summed E-state index contributed by atoms with van der Waals surface area (Å²) in [5.74, 6) is -57.5. The van der Waals surface area contributed by atoms with Crippen LogP contribution < -0.4 is 4.74 Å². The Labute approximate surface area is 676 Å². The van der Waals surface area contributed by atoms with E-state index in [1.54, 1.807) is 0 Å². The summed E-state index contributed by atoms with van der Waals surface area (Å²) in [5.41, 5.74) is -15.2. The van der Waals surface area contributed by atoms with Crippen LogP contribution in [0.2, 0.25) is 0 Å². The fraction of sp³-hybridized carbons (Fsp3) is 0.160. The number of aromatic hydroxyl groups is 26. The zero-order chi connectivity index (χ0) is 89.7. The molecule has 0 spiro atoms. The van der Waals surface area contributed by atoms with Gasteiger partial charge < -0.3 is 195 Å². The van der Waals surface area contributed by atoms with Crippen molar-refractivity contribution in [1.82, 2.24) is 0 Å². The number of hydrogen-bond donors (Lipinski definition) is 27. The zero-order valence-corrected chi connectivity index (χ0v) is 60.3. The van der Waals surface area contributed by atoms with Crippen LogP contribution in [0.5, 0.6) is 161 Å². The quantitative estimate of drug-likeness (QED) is 0.0475. The van der Waals surface area contributed by atoms with Gasteiger partial charge >= 0.3 is 53.7 Å². The first-order chi connectivity index (χ1) is 57.9. The number of phenolic OH excluding ortho intramolecular Hbond substituents is 26. The number of aliphatic hydroxyl groups is 1. The number of carbonyl (C=O) groups is 9. The summed E-state index contributed by atoms with van der Waals surface area (Å²) in [5, 5.41) is 292. The van der Waals surface area contributed by atoms with Crippen LogP contribution in [-0.2, 0) is 52.1 Å². The Morgan fingerprint density at radius 1 is 0.285 bits per heavy atom. The summed E-state index contributed by atoms with van der Waals surface area (Å²) < 4.78 is 67.5. The maximum absolute atomic E-state index is 15.4. The second kappa shape index (κ2) is 31.3. The molecule has 0 amide bonds. The number of carbonyl (C=O) groups excluding carboxylic acids is 9. The van der Waals surface area contributed by atoms with Crippen LogP contribution in [0, 0.1) is 0 Å². The maximum atomic E-state index is 15.4. The number of esters is 9. The van der Waals surface area contributed by atoms with Crippen LogP contribution in [0.3, 0.4) is 0 Å². The number of cyclic esters (lactones) is 2. The van der Waals surface area contributed by atoms with E-state index in [9.17, 15) is 171 Å². The van der Waals surface area contributed by atoms with Crippen LogP contribution in [0.25, 0.3) is 22.3 Å². The Morgan fingerprint density at radius 2 is 0.569 bits per heavy atom. The first-order valence-electron chi connectivity index (χ1n) is 34.1. The Bertz CT molecular complexity index is 6000. The van der Waals surface area contributed by atoms with Crippen molar-refractivity contribution in [3.05, 3.63) is 129 Å². The van der Waals surface area contributed by atoms with Gasteiger partial charge in [-0.2, -0.15) is 0 Å². The minimum atomic E-state index is -3.05. The number of rotatable bonds is 12. The second-order valence-corrected chi connectivity index (χ2v) is 26.5. The molecule has 0 unspecified atom stereocenters. The SMILES string of the molecule is O=C(O[C@@H]1O[C@@H]2COC(=O)c3cc(O)c(O)c(O)c3-c3c(cc(O)c(O)c3O)C(=O)O[C@@H]2[C@@H](OC(=O)c2cc(O)c(O)c(O)c2)[C@@H]1O)c1cc(O)c(O)c(Oc2c(C(=O)O[C@@H]3[C@@H](OC(=O)c4cc(O)c(O)c(O)c4)O[C@@H]4COC(=O)c5cc(O)c(O)c(O)c5-c5c(cc(O)c(O)c5O)C(=O)O[C@@H]4[C@H]3OC(=O)c3cc(O)c(O)c(O)c3)cc(O)c(O)c2O)c1. The normalized spacial score (nSPS) is 19.8. The van der Waals surface area contributed by atoms with Gasteiger partial charge in [0.25, 0.3) is 0 Å². The van der Waals surface area contributed by atoms with Gasteiger partial charge in [-0.05, 0) is 72.8 Å². The fourth-order valence-electron chi connectivity index (χ4n) is 12.9. The molecule has 642 valence electrons. The molecule has 0 radical (unpaired) electrons. The van der Waals surface area contributed by atoms with E-state index in [-0.39, 0.29) is 12.1 Å². The van der Waals surface area contributed by atoms with Gasteiger partial charge in [0.05, 0.1) is 44.5 Å². The molecule has 13 rings (SSSR count). The molecule has 123 heavy (non-hydrogen) atoms. The van der Waals surface area contributed by atoms with Crippen molar-refractivity contribution in [3.8, 4) is 183 Å². The van der Waals surface area contributed by atoms with Crippen molar-refractivity contribution in [2.45, 2.75) is 61.4 Å². The molecule has 0 aliphatic carbocycles. The highest BCUT2D eigenvalue weighted by Gasteiger charge is 2.57. The molecule has 10 atom stereocenters. The van der Waals surface area contributed by atoms with Crippen LogP contribution in [0.1, 0.15) is 93.2 Å². The third-order valence-electron chi connectivity index (χ3n) is 18.9. The molecule has 9 aromatic rings. The van der Waals surface area contributed by atoms with E-state index in [4.69, 9.17) is 56.8 Å². The van der Waals surface area contributed by atoms with Crippen molar-refractivity contribution < 1.29 is 238 Å². The van der Waals surface area contributed by atoms with E-state index in [1.165, 1.54) is 0 Å². The molecule has 2 saturated heterocycles. The molecule has 2 fully saturated rings. The summed E-state index contributed by atoms with van der Waals surface area (Å²) >= 11 is 0. The van der Waals surface area contributed by atoms with Crippen molar-refractivity contribution in [2.75, 3.05) is 13.2 Å². The summed E-state index contributed by atoms with van der Waals surface area (Å²) in [6.07, 6.45) is -27.4. The van der Waals surface area contributed by atoms with Gasteiger partial charge in [-0.3, -0.25) is 0 Å². The molecule has 4 heterocycles. The van der Waals surface area contributed by atoms with E-state index in [2.05, 4.69) is 0 Å². The highest BCUT2D eigenvalue weighted by molar-refractivity contribution is 6.10. The molecule has 0 saturated carbocycles. The Morgan fingerprint density at radius 3 is 0.951 bits per heavy atom. The van der Waals surface area contributed by atoms with Crippen molar-refractivity contribution in [3.63, 3.8) is 0 Å². The third kappa shape index (κ3) is 14.8. The lowest BCUT2D eigenvalue weighted by molar-refractivity contribution is -0.283. The largest absolute Gasteiger partial charge is 0.504 e. The van der Waals surface area contributed by atoms with Crippen LogP contribution in [0.4, 0.5) is 0 Å². The summed E-state index contributed by atoms with van der Waals surface area (Å²) in [4.78, 5) is 131. The molecule has 4 aliphatic heterocycles. The molecule has 48 nitrogen and oxygen atoms in total. The monoisotopic (exact) mass is 1720 g/mol. The lowest BCUT2D eigenvalue weighted by atomic mass is 9.92. The van der Waals surface area contributed by atoms with Crippen LogP contribution >= 0.6 is 0 Å². The smallest absolute Gasteiger partial charge is 0.342 e. The topological polar surface area (TPSA) is 811 Å². The van der Waals surface area contributed by atoms with E-state index in [0.29, 0.717) is 66.7 Å². The van der Waals surface area contributed by atoms with Gasteiger partial charge in [-0.1, -0.05) is 0 Å². The van der Waals surface area contributed by atoms with Crippen molar-refractivity contribution in [2.24, 2.45) is 0 Å². The summed E-state index contributed by atoms with van der Waals surface area (Å²) in [6, 6.07) is 4.59. The molecular formula is C75H54O48. The van der Waals surface area contributed by atoms with Gasteiger partial charge in [-0.25, -0.2) is 43.2 Å². The molecule has 4 aliphatic rings. The molecule has 9 aromatic carbocycles. The molecular weight excluding hydrogens is 1670 g/mol. The maximum Gasteiger partial charge on any atom is 0.342 e. The van der Waals surface area contributed by atoms with Gasteiger partial charge in [-0.15, -0.1) is 0 Å². The van der Waals surface area contributed by atoms with Crippen molar-refractivity contribution in [1.29, 1.82) is 0 Å². The number of fused-ring (bicyclic) bond motifs is 8. The zero-order valence-electron chi connectivity index (χ0n) is 60.3. The predicted octanol–water partition coefficient (Wildman–Crippen LogP) is 2.75. The summed E-state index contributed by atoms with van der Waals surface area (Å²) in [7, 11) is 0. The fourth-order valence-corrected chi connectivity index (χ4v) is 12.9. The van der Waals surface area contributed by atoms with Crippen molar-refractivity contribution >= 4 is 53.7 Å². The Hall–Kier alpha value is -17.3. The Balaban J connectivity index is 0.894. The second-order valence-electron chi connectivity index (χ2n) is 26.5. The number of ether oxygens (including phenoxy) is 12. The first kappa shape index (κ1) is 83.6. The molecule has 0 bridgehead atoms. The molecule has 0 aromatic heterocycles. The minimum Gasteiger partial charge on any atom is -0.504 e. The predicted molar refractivity (Wildman–Crippen MR) is 380 cm³/mol. The number of benzene rings is 9. The summed E-state index contributed by atoms with van der Waals surface area (Å²) in [6.45, 7) is -2.93. The Kier molecular flexibility index (Phi) is 21.3. The molecule has 27 N–H and O–H groups in total. The average Bonchev–Trinajstić information content (AvgIpc) is 1.73. The van der Waals surface area contributed by atoms with Crippen LogP contribution in [0.15, 0.2) is 78.9 Å². The molecule has 48 heteroatoms. The van der Waals surface area contributed by atoms with E-state index < -0.39 is 362 Å². The van der Waals surface area contributed by atoms with Gasteiger partial charge in [0.1, 0.15) is 31.0 Å². The van der Waals surface area contributed by atoms with E-state index in [1.807, 2.05) is 0 Å². The van der Waals surface area contributed by atoms with E-state index in [0.717, 1.165) is 0 Å².